The predicted octanol–water partition coefficient (Wildman–Crippen LogP) is 3.03. The molecule has 0 saturated heterocycles. The lowest BCUT2D eigenvalue weighted by Gasteiger charge is -2.12. The summed E-state index contributed by atoms with van der Waals surface area (Å²) in [5, 5.41) is 0. The van der Waals surface area contributed by atoms with E-state index in [1.54, 1.807) is 14.0 Å². The number of ether oxygens (including phenoxy) is 1. The van der Waals surface area contributed by atoms with Gasteiger partial charge in [-0.25, -0.2) is 0 Å². The molecule has 0 saturated carbocycles. The summed E-state index contributed by atoms with van der Waals surface area (Å²) in [6.07, 6.45) is 0. The van der Waals surface area contributed by atoms with Crippen molar-refractivity contribution < 1.29 is 9.53 Å². The minimum Gasteiger partial charge on any atom is -0.496 e. The van der Waals surface area contributed by atoms with E-state index < -0.39 is 0 Å². The fourth-order valence-electron chi connectivity index (χ4n) is 1.27. The number of hydrogen-bond donors (Lipinski definition) is 0. The number of rotatable bonds is 3. The zero-order valence-electron chi connectivity index (χ0n) is 8.50. The van der Waals surface area contributed by atoms with Gasteiger partial charge in [-0.3, -0.25) is 4.79 Å². The highest BCUT2D eigenvalue weighted by molar-refractivity contribution is 9.09. The number of ketones is 1. The lowest BCUT2D eigenvalue weighted by Crippen LogP contribution is -2.03. The van der Waals surface area contributed by atoms with Crippen molar-refractivity contribution in [1.82, 2.24) is 0 Å². The monoisotopic (exact) mass is 256 g/mol. The van der Waals surface area contributed by atoms with Crippen LogP contribution < -0.4 is 4.74 Å². The summed E-state index contributed by atoms with van der Waals surface area (Å²) in [4.78, 5) is 10.9. The summed E-state index contributed by atoms with van der Waals surface area (Å²) in [5.74, 6) is 0.821. The molecule has 1 rings (SSSR count). The van der Waals surface area contributed by atoms with E-state index in [4.69, 9.17) is 4.74 Å². The summed E-state index contributed by atoms with van der Waals surface area (Å²) in [6, 6.07) is 5.80. The second kappa shape index (κ2) is 4.60. The predicted molar refractivity (Wildman–Crippen MR) is 60.1 cm³/mol. The summed E-state index contributed by atoms with van der Waals surface area (Å²) >= 11 is 3.35. The Morgan fingerprint density at radius 1 is 1.50 bits per heavy atom. The third-order valence-electron chi connectivity index (χ3n) is 2.02. The van der Waals surface area contributed by atoms with Gasteiger partial charge < -0.3 is 4.74 Å². The number of methoxy groups -OCH3 is 1. The molecule has 1 unspecified atom stereocenters. The summed E-state index contributed by atoms with van der Waals surface area (Å²) in [5.41, 5.74) is 2.01. The average Bonchev–Trinajstić information content (AvgIpc) is 2.16. The van der Waals surface area contributed by atoms with Crippen LogP contribution in [0.3, 0.4) is 0 Å². The van der Waals surface area contributed by atoms with Crippen LogP contribution in [0, 0.1) is 6.92 Å². The maximum Gasteiger partial charge on any atom is 0.147 e. The Morgan fingerprint density at radius 3 is 2.64 bits per heavy atom. The lowest BCUT2D eigenvalue weighted by atomic mass is 10.1. The Hall–Kier alpha value is -0.830. The molecule has 0 aliphatic rings. The Kier molecular flexibility index (Phi) is 3.69. The number of aryl methyl sites for hydroxylation is 1. The Balaban J connectivity index is 3.16. The first kappa shape index (κ1) is 11.2. The molecule has 0 aliphatic heterocycles. The molecule has 14 heavy (non-hydrogen) atoms. The van der Waals surface area contributed by atoms with E-state index in [0.717, 1.165) is 16.9 Å². The molecule has 1 aromatic carbocycles. The fraction of sp³-hybridized carbons (Fsp3) is 0.364. The van der Waals surface area contributed by atoms with Crippen LogP contribution in [0.2, 0.25) is 0 Å². The molecule has 0 N–H and O–H groups in total. The first-order valence-electron chi connectivity index (χ1n) is 4.35. The van der Waals surface area contributed by atoms with Gasteiger partial charge in [0, 0.05) is 5.56 Å². The van der Waals surface area contributed by atoms with Gasteiger partial charge in [0.25, 0.3) is 0 Å². The van der Waals surface area contributed by atoms with Gasteiger partial charge in [-0.15, -0.1) is 0 Å². The molecule has 0 spiro atoms. The normalized spacial score (nSPS) is 12.3. The van der Waals surface area contributed by atoms with Gasteiger partial charge in [0.05, 0.1) is 7.11 Å². The topological polar surface area (TPSA) is 26.3 Å². The molecule has 76 valence electrons. The molecular formula is C11H13BrO2. The number of carbonyl (C=O) groups is 1. The minimum atomic E-state index is -0.280. The van der Waals surface area contributed by atoms with Crippen LogP contribution in [0.15, 0.2) is 18.2 Å². The first-order chi connectivity index (χ1) is 6.56. The smallest absolute Gasteiger partial charge is 0.147 e. The molecule has 0 fully saturated rings. The number of Topliss-reactive ketones (excluding diaryl/α,β-unsaturated/α-hetero) is 1. The summed E-state index contributed by atoms with van der Waals surface area (Å²) in [7, 11) is 1.61. The van der Waals surface area contributed by atoms with E-state index in [1.165, 1.54) is 0 Å². The molecule has 1 aromatic rings. The van der Waals surface area contributed by atoms with Crippen molar-refractivity contribution in [3.63, 3.8) is 0 Å². The highest BCUT2D eigenvalue weighted by Gasteiger charge is 2.17. The fourth-order valence-corrected chi connectivity index (χ4v) is 1.63. The Labute approximate surface area is 92.4 Å². The van der Waals surface area contributed by atoms with Gasteiger partial charge in [0.2, 0.25) is 0 Å². The van der Waals surface area contributed by atoms with Crippen molar-refractivity contribution in [2.24, 2.45) is 0 Å². The number of benzene rings is 1. The molecule has 1 atom stereocenters. The van der Waals surface area contributed by atoms with Crippen molar-refractivity contribution in [3.05, 3.63) is 29.3 Å². The molecular weight excluding hydrogens is 244 g/mol. The van der Waals surface area contributed by atoms with Crippen molar-refractivity contribution in [2.45, 2.75) is 18.7 Å². The highest BCUT2D eigenvalue weighted by Crippen LogP contribution is 2.32. The maximum absolute atomic E-state index is 11.2. The third-order valence-corrected chi connectivity index (χ3v) is 3.15. The van der Waals surface area contributed by atoms with Crippen LogP contribution >= 0.6 is 15.9 Å². The lowest BCUT2D eigenvalue weighted by molar-refractivity contribution is -0.116. The molecule has 0 heterocycles. The zero-order valence-corrected chi connectivity index (χ0v) is 10.1. The number of halogens is 1. The van der Waals surface area contributed by atoms with Gasteiger partial charge in [-0.2, -0.15) is 0 Å². The Morgan fingerprint density at radius 2 is 2.14 bits per heavy atom. The molecule has 2 nitrogen and oxygen atoms in total. The average molecular weight is 257 g/mol. The quantitative estimate of drug-likeness (QED) is 0.778. The molecule has 0 radical (unpaired) electrons. The summed E-state index contributed by atoms with van der Waals surface area (Å²) < 4.78 is 5.19. The molecule has 0 amide bonds. The third kappa shape index (κ3) is 2.35. The van der Waals surface area contributed by atoms with Crippen LogP contribution in [-0.4, -0.2) is 12.9 Å². The van der Waals surface area contributed by atoms with E-state index >= 15 is 0 Å². The standard InChI is InChI=1S/C11H13BrO2/c1-7-4-5-10(14-3)9(6-7)11(12)8(2)13/h4-6,11H,1-3H3. The second-order valence-corrected chi connectivity index (χ2v) is 4.13. The molecule has 0 aromatic heterocycles. The molecule has 0 aliphatic carbocycles. The van der Waals surface area contributed by atoms with Gasteiger partial charge >= 0.3 is 0 Å². The highest BCUT2D eigenvalue weighted by atomic mass is 79.9. The van der Waals surface area contributed by atoms with Crippen molar-refractivity contribution >= 4 is 21.7 Å². The van der Waals surface area contributed by atoms with Gasteiger partial charge in [0.15, 0.2) is 0 Å². The van der Waals surface area contributed by atoms with E-state index in [1.807, 2.05) is 25.1 Å². The van der Waals surface area contributed by atoms with Crippen LogP contribution in [0.4, 0.5) is 0 Å². The SMILES string of the molecule is COc1ccc(C)cc1C(Br)C(C)=O. The molecule has 3 heteroatoms. The van der Waals surface area contributed by atoms with E-state index in [0.29, 0.717) is 0 Å². The number of carbonyl (C=O) groups excluding carboxylic acids is 1. The van der Waals surface area contributed by atoms with Crippen LogP contribution in [0.1, 0.15) is 22.9 Å². The summed E-state index contributed by atoms with van der Waals surface area (Å²) in [6.45, 7) is 3.55. The number of hydrogen-bond acceptors (Lipinski definition) is 2. The van der Waals surface area contributed by atoms with Crippen LogP contribution in [0.5, 0.6) is 5.75 Å². The van der Waals surface area contributed by atoms with Crippen LogP contribution in [-0.2, 0) is 4.79 Å². The second-order valence-electron chi connectivity index (χ2n) is 3.22. The minimum absolute atomic E-state index is 0.0777. The van der Waals surface area contributed by atoms with Gasteiger partial charge in [-0.05, 0) is 19.9 Å². The first-order valence-corrected chi connectivity index (χ1v) is 5.27. The maximum atomic E-state index is 11.2. The molecule has 0 bridgehead atoms. The van der Waals surface area contributed by atoms with E-state index in [-0.39, 0.29) is 10.6 Å². The Bertz CT molecular complexity index is 347. The van der Waals surface area contributed by atoms with Crippen LogP contribution in [0.25, 0.3) is 0 Å². The van der Waals surface area contributed by atoms with Crippen molar-refractivity contribution in [3.8, 4) is 5.75 Å². The van der Waals surface area contributed by atoms with Crippen molar-refractivity contribution in [2.75, 3.05) is 7.11 Å². The van der Waals surface area contributed by atoms with E-state index in [9.17, 15) is 4.79 Å². The largest absolute Gasteiger partial charge is 0.496 e. The van der Waals surface area contributed by atoms with Gasteiger partial charge in [0.1, 0.15) is 16.4 Å². The zero-order chi connectivity index (χ0) is 10.7. The number of alkyl halides is 1. The van der Waals surface area contributed by atoms with E-state index in [2.05, 4.69) is 15.9 Å². The van der Waals surface area contributed by atoms with Gasteiger partial charge in [-0.1, -0.05) is 33.6 Å². The van der Waals surface area contributed by atoms with Crippen molar-refractivity contribution in [1.29, 1.82) is 0 Å².